The SMILES string of the molecule is Cc1ccc(NCCNC(=O)c2sc(-c3ccccc3)nc2C)nn1. The molecule has 6 nitrogen and oxygen atoms in total. The summed E-state index contributed by atoms with van der Waals surface area (Å²) < 4.78 is 0. The lowest BCUT2D eigenvalue weighted by molar-refractivity contribution is 0.0958. The third-order valence-electron chi connectivity index (χ3n) is 3.54. The molecule has 2 N–H and O–H groups in total. The van der Waals surface area contributed by atoms with Crippen LogP contribution in [0.4, 0.5) is 5.82 Å². The Kier molecular flexibility index (Phi) is 5.35. The lowest BCUT2D eigenvalue weighted by Gasteiger charge is -2.06. The topological polar surface area (TPSA) is 79.8 Å². The van der Waals surface area contributed by atoms with Crippen molar-refractivity contribution in [1.29, 1.82) is 0 Å². The van der Waals surface area contributed by atoms with Gasteiger partial charge in [0.15, 0.2) is 0 Å². The molecule has 1 amide bonds. The first-order valence-corrected chi connectivity index (χ1v) is 8.80. The minimum atomic E-state index is -0.103. The zero-order valence-corrected chi connectivity index (χ0v) is 14.9. The van der Waals surface area contributed by atoms with Crippen molar-refractivity contribution in [3.63, 3.8) is 0 Å². The van der Waals surface area contributed by atoms with E-state index >= 15 is 0 Å². The van der Waals surface area contributed by atoms with Gasteiger partial charge in [-0.15, -0.1) is 16.4 Å². The fourth-order valence-corrected chi connectivity index (χ4v) is 3.24. The Balaban J connectivity index is 1.55. The van der Waals surface area contributed by atoms with Crippen molar-refractivity contribution in [1.82, 2.24) is 20.5 Å². The van der Waals surface area contributed by atoms with E-state index in [0.29, 0.717) is 23.8 Å². The normalized spacial score (nSPS) is 10.5. The van der Waals surface area contributed by atoms with E-state index in [4.69, 9.17) is 0 Å². The average molecular weight is 353 g/mol. The van der Waals surface area contributed by atoms with Gasteiger partial charge in [0.2, 0.25) is 0 Å². The summed E-state index contributed by atoms with van der Waals surface area (Å²) in [6, 6.07) is 13.6. The Morgan fingerprint density at radius 1 is 1.04 bits per heavy atom. The molecule has 0 unspecified atom stereocenters. The molecule has 0 aliphatic rings. The van der Waals surface area contributed by atoms with Crippen LogP contribution in [-0.4, -0.2) is 34.2 Å². The molecule has 0 aliphatic heterocycles. The van der Waals surface area contributed by atoms with E-state index in [1.807, 2.05) is 56.3 Å². The number of thiazole rings is 1. The highest BCUT2D eigenvalue weighted by molar-refractivity contribution is 7.17. The quantitative estimate of drug-likeness (QED) is 0.666. The number of nitrogens with one attached hydrogen (secondary N) is 2. The predicted molar refractivity (Wildman–Crippen MR) is 99.9 cm³/mol. The standard InChI is InChI=1S/C18H19N5OS/c1-12-8-9-15(23-22-12)19-10-11-20-17(24)16-13(2)21-18(25-16)14-6-4-3-5-7-14/h3-9H,10-11H2,1-2H3,(H,19,23)(H,20,24). The lowest BCUT2D eigenvalue weighted by atomic mass is 10.2. The number of aryl methyl sites for hydroxylation is 2. The van der Waals surface area contributed by atoms with Gasteiger partial charge >= 0.3 is 0 Å². The second kappa shape index (κ2) is 7.85. The van der Waals surface area contributed by atoms with Crippen LogP contribution in [0.5, 0.6) is 0 Å². The van der Waals surface area contributed by atoms with Crippen molar-refractivity contribution in [3.05, 3.63) is 58.7 Å². The third kappa shape index (κ3) is 4.39. The first-order chi connectivity index (χ1) is 12.1. The number of hydrogen-bond donors (Lipinski definition) is 2. The Morgan fingerprint density at radius 2 is 1.84 bits per heavy atom. The molecule has 1 aromatic carbocycles. The fraction of sp³-hybridized carbons (Fsp3) is 0.222. The van der Waals surface area contributed by atoms with E-state index in [1.165, 1.54) is 11.3 Å². The van der Waals surface area contributed by atoms with Gasteiger partial charge in [0, 0.05) is 18.7 Å². The Hall–Kier alpha value is -2.80. The van der Waals surface area contributed by atoms with Crippen LogP contribution in [0.25, 0.3) is 10.6 Å². The number of nitrogens with zero attached hydrogens (tertiary/aromatic N) is 3. The molecule has 128 valence electrons. The maximum absolute atomic E-state index is 12.4. The highest BCUT2D eigenvalue weighted by Gasteiger charge is 2.15. The van der Waals surface area contributed by atoms with Crippen molar-refractivity contribution in [3.8, 4) is 10.6 Å². The first kappa shape index (κ1) is 17.0. The lowest BCUT2D eigenvalue weighted by Crippen LogP contribution is -2.28. The molecular weight excluding hydrogens is 334 g/mol. The summed E-state index contributed by atoms with van der Waals surface area (Å²) in [4.78, 5) is 17.5. The molecule has 7 heteroatoms. The number of aromatic nitrogens is 3. The van der Waals surface area contributed by atoms with Crippen LogP contribution < -0.4 is 10.6 Å². The van der Waals surface area contributed by atoms with Crippen LogP contribution in [-0.2, 0) is 0 Å². The largest absolute Gasteiger partial charge is 0.367 e. The summed E-state index contributed by atoms with van der Waals surface area (Å²) in [6.45, 7) is 4.81. The van der Waals surface area contributed by atoms with Crippen molar-refractivity contribution in [2.75, 3.05) is 18.4 Å². The van der Waals surface area contributed by atoms with Gasteiger partial charge in [-0.3, -0.25) is 4.79 Å². The summed E-state index contributed by atoms with van der Waals surface area (Å²) in [7, 11) is 0. The molecule has 3 aromatic rings. The van der Waals surface area contributed by atoms with E-state index in [9.17, 15) is 4.79 Å². The Morgan fingerprint density at radius 3 is 2.56 bits per heavy atom. The van der Waals surface area contributed by atoms with E-state index in [2.05, 4.69) is 25.8 Å². The van der Waals surface area contributed by atoms with Gasteiger partial charge in [0.05, 0.1) is 11.4 Å². The Bertz CT molecular complexity index is 846. The van der Waals surface area contributed by atoms with Crippen LogP contribution in [0.1, 0.15) is 21.1 Å². The maximum atomic E-state index is 12.4. The fourth-order valence-electron chi connectivity index (χ4n) is 2.25. The molecule has 2 heterocycles. The first-order valence-electron chi connectivity index (χ1n) is 7.99. The summed E-state index contributed by atoms with van der Waals surface area (Å²) in [6.07, 6.45) is 0. The van der Waals surface area contributed by atoms with E-state index in [0.717, 1.165) is 22.0 Å². The molecule has 2 aromatic heterocycles. The molecule has 0 aliphatic carbocycles. The van der Waals surface area contributed by atoms with Crippen LogP contribution in [0, 0.1) is 13.8 Å². The van der Waals surface area contributed by atoms with Crippen LogP contribution in [0.2, 0.25) is 0 Å². The minimum absolute atomic E-state index is 0.103. The second-order valence-electron chi connectivity index (χ2n) is 5.54. The van der Waals surface area contributed by atoms with Gasteiger partial charge in [-0.25, -0.2) is 4.98 Å². The minimum Gasteiger partial charge on any atom is -0.367 e. The van der Waals surface area contributed by atoms with Crippen molar-refractivity contribution < 1.29 is 4.79 Å². The molecule has 0 saturated heterocycles. The van der Waals surface area contributed by atoms with E-state index < -0.39 is 0 Å². The van der Waals surface area contributed by atoms with E-state index in [-0.39, 0.29) is 5.91 Å². The predicted octanol–water partition coefficient (Wildman–Crippen LogP) is 3.06. The maximum Gasteiger partial charge on any atom is 0.263 e. The summed E-state index contributed by atoms with van der Waals surface area (Å²) >= 11 is 1.41. The number of benzene rings is 1. The monoisotopic (exact) mass is 353 g/mol. The number of hydrogen-bond acceptors (Lipinski definition) is 6. The molecule has 0 atom stereocenters. The van der Waals surface area contributed by atoms with Crippen molar-refractivity contribution in [2.45, 2.75) is 13.8 Å². The summed E-state index contributed by atoms with van der Waals surface area (Å²) in [5, 5.41) is 14.9. The van der Waals surface area contributed by atoms with Crippen molar-refractivity contribution >= 4 is 23.1 Å². The summed E-state index contributed by atoms with van der Waals surface area (Å²) in [5.74, 6) is 0.592. The smallest absolute Gasteiger partial charge is 0.263 e. The zero-order valence-electron chi connectivity index (χ0n) is 14.1. The second-order valence-corrected chi connectivity index (χ2v) is 6.54. The third-order valence-corrected chi connectivity index (χ3v) is 4.74. The zero-order chi connectivity index (χ0) is 17.6. The molecule has 0 saturated carbocycles. The van der Waals surface area contributed by atoms with Crippen LogP contribution >= 0.6 is 11.3 Å². The molecule has 0 bridgehead atoms. The number of carbonyl (C=O) groups is 1. The average Bonchev–Trinajstić information content (AvgIpc) is 3.03. The molecule has 0 fully saturated rings. The number of rotatable bonds is 6. The number of carbonyl (C=O) groups excluding carboxylic acids is 1. The number of amides is 1. The van der Waals surface area contributed by atoms with Gasteiger partial charge in [-0.2, -0.15) is 5.10 Å². The molecule has 0 radical (unpaired) electrons. The van der Waals surface area contributed by atoms with Gasteiger partial charge in [-0.05, 0) is 26.0 Å². The molecule has 25 heavy (non-hydrogen) atoms. The van der Waals surface area contributed by atoms with Crippen LogP contribution in [0.15, 0.2) is 42.5 Å². The van der Waals surface area contributed by atoms with Gasteiger partial charge < -0.3 is 10.6 Å². The van der Waals surface area contributed by atoms with E-state index in [1.54, 1.807) is 0 Å². The molecule has 0 spiro atoms. The van der Waals surface area contributed by atoms with Gasteiger partial charge in [0.25, 0.3) is 5.91 Å². The summed E-state index contributed by atoms with van der Waals surface area (Å²) in [5.41, 5.74) is 2.64. The molecular formula is C18H19N5OS. The van der Waals surface area contributed by atoms with Crippen LogP contribution in [0.3, 0.4) is 0 Å². The Labute approximate surface area is 150 Å². The number of anilines is 1. The molecule has 3 rings (SSSR count). The highest BCUT2D eigenvalue weighted by atomic mass is 32.1. The van der Waals surface area contributed by atoms with Gasteiger partial charge in [0.1, 0.15) is 15.7 Å². The van der Waals surface area contributed by atoms with Crippen molar-refractivity contribution in [2.24, 2.45) is 0 Å². The highest BCUT2D eigenvalue weighted by Crippen LogP contribution is 2.27. The van der Waals surface area contributed by atoms with Gasteiger partial charge in [-0.1, -0.05) is 30.3 Å².